The molecule has 0 saturated carbocycles. The van der Waals surface area contributed by atoms with Crippen LogP contribution in [0.5, 0.6) is 5.19 Å². The van der Waals surface area contributed by atoms with Gasteiger partial charge in [0.05, 0.1) is 17.5 Å². The van der Waals surface area contributed by atoms with E-state index in [4.69, 9.17) is 16.3 Å². The van der Waals surface area contributed by atoms with Crippen LogP contribution < -0.4 is 15.4 Å². The molecule has 2 heterocycles. The highest BCUT2D eigenvalue weighted by Gasteiger charge is 2.33. The van der Waals surface area contributed by atoms with Crippen LogP contribution in [0, 0.1) is 11.6 Å². The second-order valence-electron chi connectivity index (χ2n) is 5.81. The maximum Gasteiger partial charge on any atom is 0.408 e. The first-order chi connectivity index (χ1) is 14.2. The number of rotatable bonds is 7. The minimum absolute atomic E-state index is 0.0265. The van der Waals surface area contributed by atoms with E-state index >= 15 is 0 Å². The molecule has 7 nitrogen and oxygen atoms in total. The fourth-order valence-corrected chi connectivity index (χ4v) is 3.47. The van der Waals surface area contributed by atoms with Crippen LogP contribution in [-0.2, 0) is 9.53 Å². The SMILES string of the molecule is O=C1NCC(C(=O)N[C@H](c2cnc(OC(F)C(F)F)s2)c2ccc(F)c(Cl)c2F)O1. The number of nitrogens with zero attached hydrogens (tertiary/aromatic N) is 1. The summed E-state index contributed by atoms with van der Waals surface area (Å²) in [7, 11) is 0. The third kappa shape index (κ3) is 4.73. The molecule has 2 unspecified atom stereocenters. The van der Waals surface area contributed by atoms with Gasteiger partial charge in [-0.15, -0.1) is 0 Å². The zero-order valence-corrected chi connectivity index (χ0v) is 16.1. The van der Waals surface area contributed by atoms with Crippen LogP contribution in [-0.4, -0.2) is 42.4 Å². The standard InChI is InChI=1S/C16H11ClF5N3O4S/c17-9-6(18)2-1-5(10(9)19)11(25-14(26)7-3-23-15(27)28-7)8-4-24-16(30-8)29-13(22)12(20)21/h1-2,4,7,11-13H,3H2,(H,23,27)(H,25,26)/t7?,11-,13?/m0/s1. The van der Waals surface area contributed by atoms with Crippen molar-refractivity contribution in [2.24, 2.45) is 0 Å². The van der Waals surface area contributed by atoms with Crippen molar-refractivity contribution in [3.63, 3.8) is 0 Å². The number of ether oxygens (including phenoxy) is 2. The van der Waals surface area contributed by atoms with Crippen LogP contribution >= 0.6 is 22.9 Å². The summed E-state index contributed by atoms with van der Waals surface area (Å²) in [4.78, 5) is 27.2. The minimum Gasteiger partial charge on any atom is -0.434 e. The molecule has 2 N–H and O–H groups in total. The van der Waals surface area contributed by atoms with E-state index in [1.807, 2.05) is 0 Å². The number of benzene rings is 1. The van der Waals surface area contributed by atoms with Gasteiger partial charge in [-0.1, -0.05) is 29.0 Å². The fraction of sp³-hybridized carbons (Fsp3) is 0.312. The van der Waals surface area contributed by atoms with Crippen LogP contribution in [0.15, 0.2) is 18.3 Å². The van der Waals surface area contributed by atoms with Gasteiger partial charge in [-0.3, -0.25) is 4.79 Å². The molecule has 0 spiro atoms. The molecule has 1 aromatic heterocycles. The first-order valence-corrected chi connectivity index (χ1v) is 9.29. The maximum atomic E-state index is 14.6. The number of alkyl carbamates (subject to hydrolysis) is 1. The molecule has 30 heavy (non-hydrogen) atoms. The molecule has 14 heteroatoms. The monoisotopic (exact) mass is 471 g/mol. The molecule has 3 rings (SSSR count). The summed E-state index contributed by atoms with van der Waals surface area (Å²) in [6, 6.07) is 0.496. The van der Waals surface area contributed by atoms with Gasteiger partial charge in [0, 0.05) is 11.8 Å². The van der Waals surface area contributed by atoms with E-state index < -0.39 is 58.8 Å². The molecule has 2 amide bonds. The van der Waals surface area contributed by atoms with Crippen LogP contribution in [0.4, 0.5) is 26.7 Å². The smallest absolute Gasteiger partial charge is 0.408 e. The number of nitrogens with one attached hydrogen (secondary N) is 2. The number of hydrogen-bond acceptors (Lipinski definition) is 6. The van der Waals surface area contributed by atoms with Gasteiger partial charge in [0.25, 0.3) is 11.1 Å². The molecular formula is C16H11ClF5N3O4S. The van der Waals surface area contributed by atoms with Crippen LogP contribution in [0.3, 0.4) is 0 Å². The first kappa shape index (κ1) is 22.0. The summed E-state index contributed by atoms with van der Waals surface area (Å²) in [5.74, 6) is -3.09. The lowest BCUT2D eigenvalue weighted by Gasteiger charge is -2.20. The topological polar surface area (TPSA) is 89.6 Å². The first-order valence-electron chi connectivity index (χ1n) is 8.10. The normalized spacial score (nSPS) is 18.0. The molecule has 1 saturated heterocycles. The Kier molecular flexibility index (Phi) is 6.61. The number of amides is 2. The number of cyclic esters (lactones) is 1. The Hall–Kier alpha value is -2.67. The Bertz CT molecular complexity index is 963. The highest BCUT2D eigenvalue weighted by atomic mass is 35.5. The summed E-state index contributed by atoms with van der Waals surface area (Å²) >= 11 is 6.13. The van der Waals surface area contributed by atoms with Gasteiger partial charge in [-0.05, 0) is 6.07 Å². The molecular weight excluding hydrogens is 461 g/mol. The van der Waals surface area contributed by atoms with E-state index in [1.165, 1.54) is 0 Å². The fourth-order valence-electron chi connectivity index (χ4n) is 2.44. The predicted molar refractivity (Wildman–Crippen MR) is 93.3 cm³/mol. The van der Waals surface area contributed by atoms with E-state index in [2.05, 4.69) is 20.4 Å². The van der Waals surface area contributed by atoms with Gasteiger partial charge >= 0.3 is 18.9 Å². The van der Waals surface area contributed by atoms with Gasteiger partial charge in [-0.2, -0.15) is 4.39 Å². The van der Waals surface area contributed by atoms with E-state index in [0.29, 0.717) is 11.3 Å². The number of thiazole rings is 1. The predicted octanol–water partition coefficient (Wildman–Crippen LogP) is 3.33. The van der Waals surface area contributed by atoms with Gasteiger partial charge < -0.3 is 20.1 Å². The highest BCUT2D eigenvalue weighted by molar-refractivity contribution is 7.13. The van der Waals surface area contributed by atoms with E-state index in [1.54, 1.807) is 0 Å². The van der Waals surface area contributed by atoms with Gasteiger partial charge in [0.2, 0.25) is 0 Å². The molecule has 1 aromatic carbocycles. The Balaban J connectivity index is 1.92. The quantitative estimate of drug-likeness (QED) is 0.477. The van der Waals surface area contributed by atoms with Crippen molar-refractivity contribution in [2.45, 2.75) is 24.9 Å². The molecule has 2 aromatic rings. The van der Waals surface area contributed by atoms with E-state index in [0.717, 1.165) is 18.3 Å². The van der Waals surface area contributed by atoms with Crippen molar-refractivity contribution in [1.82, 2.24) is 15.6 Å². The van der Waals surface area contributed by atoms with E-state index in [9.17, 15) is 31.5 Å². The molecule has 0 aliphatic carbocycles. The van der Waals surface area contributed by atoms with Gasteiger partial charge in [-0.25, -0.2) is 27.3 Å². The number of alkyl halides is 3. The Morgan fingerprint density at radius 2 is 2.10 bits per heavy atom. The van der Waals surface area contributed by atoms with Crippen LogP contribution in [0.1, 0.15) is 16.5 Å². The summed E-state index contributed by atoms with van der Waals surface area (Å²) < 4.78 is 75.0. The number of carbonyl (C=O) groups excluding carboxylic acids is 2. The third-order valence-corrected chi connectivity index (χ3v) is 5.13. The summed E-state index contributed by atoms with van der Waals surface area (Å²) in [5.41, 5.74) is -0.298. The van der Waals surface area contributed by atoms with Crippen molar-refractivity contribution < 1.29 is 41.0 Å². The Morgan fingerprint density at radius 3 is 2.73 bits per heavy atom. The molecule has 1 aliphatic heterocycles. The largest absolute Gasteiger partial charge is 0.434 e. The minimum atomic E-state index is -3.43. The Morgan fingerprint density at radius 1 is 1.37 bits per heavy atom. The molecule has 162 valence electrons. The second-order valence-corrected chi connectivity index (χ2v) is 7.22. The van der Waals surface area contributed by atoms with Crippen molar-refractivity contribution in [3.05, 3.63) is 45.4 Å². The molecule has 0 bridgehead atoms. The van der Waals surface area contributed by atoms with Crippen LogP contribution in [0.25, 0.3) is 0 Å². The van der Waals surface area contributed by atoms with Crippen molar-refractivity contribution in [3.8, 4) is 5.19 Å². The van der Waals surface area contributed by atoms with Crippen molar-refractivity contribution >= 4 is 34.9 Å². The average molecular weight is 472 g/mol. The third-order valence-electron chi connectivity index (χ3n) is 3.83. The summed E-state index contributed by atoms with van der Waals surface area (Å²) in [6.07, 6.45) is -7.42. The molecule has 0 radical (unpaired) electrons. The molecule has 1 fully saturated rings. The molecule has 1 aliphatic rings. The number of aromatic nitrogens is 1. The molecule has 3 atom stereocenters. The maximum absolute atomic E-state index is 14.6. The lowest BCUT2D eigenvalue weighted by Crippen LogP contribution is -2.39. The van der Waals surface area contributed by atoms with Gasteiger partial charge in [0.1, 0.15) is 16.7 Å². The number of carbonyl (C=O) groups is 2. The number of hydrogen-bond donors (Lipinski definition) is 2. The highest BCUT2D eigenvalue weighted by Crippen LogP contribution is 2.35. The zero-order valence-electron chi connectivity index (χ0n) is 14.5. The summed E-state index contributed by atoms with van der Waals surface area (Å²) in [5, 5.41) is 3.28. The van der Waals surface area contributed by atoms with Gasteiger partial charge in [0.15, 0.2) is 6.10 Å². The summed E-state index contributed by atoms with van der Waals surface area (Å²) in [6.45, 7) is -0.154. The second kappa shape index (κ2) is 9.00. The lowest BCUT2D eigenvalue weighted by molar-refractivity contribution is -0.128. The zero-order chi connectivity index (χ0) is 22.0. The Labute approximate surface area is 174 Å². The van der Waals surface area contributed by atoms with Crippen molar-refractivity contribution in [2.75, 3.05) is 6.54 Å². The lowest BCUT2D eigenvalue weighted by atomic mass is 10.0. The van der Waals surface area contributed by atoms with Crippen molar-refractivity contribution in [1.29, 1.82) is 0 Å². The van der Waals surface area contributed by atoms with E-state index in [-0.39, 0.29) is 17.0 Å². The number of halogens is 6. The van der Waals surface area contributed by atoms with Crippen LogP contribution in [0.2, 0.25) is 5.02 Å². The average Bonchev–Trinajstić information content (AvgIpc) is 3.34.